The van der Waals surface area contributed by atoms with Crippen LogP contribution in [0.3, 0.4) is 0 Å². The third-order valence-corrected chi connectivity index (χ3v) is 3.36. The van der Waals surface area contributed by atoms with Crippen molar-refractivity contribution in [1.29, 1.82) is 0 Å². The summed E-state index contributed by atoms with van der Waals surface area (Å²) in [5.41, 5.74) is 8.68. The lowest BCUT2D eigenvalue weighted by atomic mass is 10.1. The van der Waals surface area contributed by atoms with Crippen LogP contribution >= 0.6 is 0 Å². The van der Waals surface area contributed by atoms with Crippen molar-refractivity contribution in [2.24, 2.45) is 5.73 Å². The normalized spacial score (nSPS) is 19.8. The van der Waals surface area contributed by atoms with Gasteiger partial charge in [0.1, 0.15) is 6.10 Å². The summed E-state index contributed by atoms with van der Waals surface area (Å²) in [6, 6.07) is 6.03. The number of hydrogen-bond donors (Lipinski definition) is 1. The van der Waals surface area contributed by atoms with E-state index in [9.17, 15) is 4.79 Å². The molecule has 2 N–H and O–H groups in total. The number of ether oxygens (including phenoxy) is 1. The molecule has 0 aliphatic carbocycles. The van der Waals surface area contributed by atoms with Crippen LogP contribution < -0.4 is 10.6 Å². The van der Waals surface area contributed by atoms with Gasteiger partial charge in [-0.05, 0) is 37.9 Å². The van der Waals surface area contributed by atoms with Crippen molar-refractivity contribution in [2.45, 2.75) is 32.8 Å². The molecule has 1 heterocycles. The maximum atomic E-state index is 12.0. The molecule has 18 heavy (non-hydrogen) atoms. The molecule has 1 aliphatic heterocycles. The van der Waals surface area contributed by atoms with Crippen molar-refractivity contribution < 1.29 is 9.53 Å². The molecule has 4 heteroatoms. The fraction of sp³-hybridized carbons (Fsp3) is 0.500. The molecule has 1 aliphatic rings. The molecule has 98 valence electrons. The molecule has 2 rings (SSSR count). The maximum absolute atomic E-state index is 12.0. The van der Waals surface area contributed by atoms with Gasteiger partial charge in [0.15, 0.2) is 0 Å². The van der Waals surface area contributed by atoms with Crippen LogP contribution in [0, 0.1) is 13.8 Å². The van der Waals surface area contributed by atoms with Gasteiger partial charge in [-0.25, -0.2) is 4.79 Å². The first kappa shape index (κ1) is 12.9. The number of benzene rings is 1. The lowest BCUT2D eigenvalue weighted by Crippen LogP contribution is -2.43. The molecule has 1 atom stereocenters. The summed E-state index contributed by atoms with van der Waals surface area (Å²) in [5, 5.41) is 0. The Labute approximate surface area is 108 Å². The largest absolute Gasteiger partial charge is 0.446 e. The SMILES string of the molecule is Cc1cccc(C)c1N1CCC(CCN)OC1=O. The lowest BCUT2D eigenvalue weighted by molar-refractivity contribution is 0.0806. The highest BCUT2D eigenvalue weighted by Gasteiger charge is 2.29. The Morgan fingerprint density at radius 3 is 2.61 bits per heavy atom. The Kier molecular flexibility index (Phi) is 3.87. The number of anilines is 1. The van der Waals surface area contributed by atoms with Crippen LogP contribution in [0.25, 0.3) is 0 Å². The van der Waals surface area contributed by atoms with Gasteiger partial charge < -0.3 is 10.5 Å². The molecular formula is C14H20N2O2. The average Bonchev–Trinajstić information content (AvgIpc) is 2.32. The summed E-state index contributed by atoms with van der Waals surface area (Å²) < 4.78 is 5.41. The van der Waals surface area contributed by atoms with E-state index < -0.39 is 0 Å². The number of para-hydroxylation sites is 1. The first-order valence-corrected chi connectivity index (χ1v) is 6.38. The van der Waals surface area contributed by atoms with E-state index >= 15 is 0 Å². The van der Waals surface area contributed by atoms with Crippen LogP contribution in [0.2, 0.25) is 0 Å². The first-order valence-electron chi connectivity index (χ1n) is 6.38. The van der Waals surface area contributed by atoms with Gasteiger partial charge in [0.25, 0.3) is 0 Å². The van der Waals surface area contributed by atoms with Crippen molar-refractivity contribution in [2.75, 3.05) is 18.0 Å². The van der Waals surface area contributed by atoms with Gasteiger partial charge >= 0.3 is 6.09 Å². The maximum Gasteiger partial charge on any atom is 0.414 e. The van der Waals surface area contributed by atoms with Gasteiger partial charge in [-0.3, -0.25) is 4.90 Å². The van der Waals surface area contributed by atoms with Gasteiger partial charge in [-0.1, -0.05) is 18.2 Å². The van der Waals surface area contributed by atoms with Gasteiger partial charge in [0.2, 0.25) is 0 Å². The van der Waals surface area contributed by atoms with Crippen molar-refractivity contribution >= 4 is 11.8 Å². The number of nitrogens with zero attached hydrogens (tertiary/aromatic N) is 1. The molecule has 1 saturated heterocycles. The highest BCUT2D eigenvalue weighted by atomic mass is 16.6. The van der Waals surface area contributed by atoms with Crippen molar-refractivity contribution in [1.82, 2.24) is 0 Å². The molecule has 1 aromatic carbocycles. The van der Waals surface area contributed by atoms with Crippen LogP contribution in [0.15, 0.2) is 18.2 Å². The number of rotatable bonds is 3. The summed E-state index contributed by atoms with van der Waals surface area (Å²) in [4.78, 5) is 13.8. The van der Waals surface area contributed by atoms with E-state index in [0.717, 1.165) is 29.7 Å². The van der Waals surface area contributed by atoms with E-state index in [1.165, 1.54) is 0 Å². The van der Waals surface area contributed by atoms with E-state index in [1.54, 1.807) is 4.90 Å². The van der Waals surface area contributed by atoms with Crippen LogP contribution in [0.1, 0.15) is 24.0 Å². The number of carbonyl (C=O) groups excluding carboxylic acids is 1. The highest BCUT2D eigenvalue weighted by Crippen LogP contribution is 2.28. The fourth-order valence-electron chi connectivity index (χ4n) is 2.45. The van der Waals surface area contributed by atoms with Crippen LogP contribution in [-0.4, -0.2) is 25.3 Å². The Morgan fingerprint density at radius 2 is 2.06 bits per heavy atom. The molecule has 0 bridgehead atoms. The Balaban J connectivity index is 2.18. The zero-order chi connectivity index (χ0) is 13.1. The minimum atomic E-state index is -0.253. The van der Waals surface area contributed by atoms with E-state index in [0.29, 0.717) is 13.1 Å². The predicted molar refractivity (Wildman–Crippen MR) is 71.8 cm³/mol. The highest BCUT2D eigenvalue weighted by molar-refractivity contribution is 5.90. The number of nitrogens with two attached hydrogens (primary N) is 1. The van der Waals surface area contributed by atoms with Gasteiger partial charge in [-0.2, -0.15) is 0 Å². The number of amides is 1. The first-order chi connectivity index (χ1) is 8.63. The molecule has 0 saturated carbocycles. The van der Waals surface area contributed by atoms with Crippen molar-refractivity contribution in [3.05, 3.63) is 29.3 Å². The van der Waals surface area contributed by atoms with Crippen LogP contribution in [-0.2, 0) is 4.74 Å². The molecule has 0 radical (unpaired) electrons. The summed E-state index contributed by atoms with van der Waals surface area (Å²) in [6.45, 7) is 5.29. The number of cyclic esters (lactones) is 1. The van der Waals surface area contributed by atoms with Gasteiger partial charge in [0, 0.05) is 13.0 Å². The summed E-state index contributed by atoms with van der Waals surface area (Å²) >= 11 is 0. The third-order valence-electron chi connectivity index (χ3n) is 3.36. The smallest absolute Gasteiger partial charge is 0.414 e. The van der Waals surface area contributed by atoms with Crippen LogP contribution in [0.5, 0.6) is 0 Å². The van der Waals surface area contributed by atoms with Crippen LogP contribution in [0.4, 0.5) is 10.5 Å². The molecule has 1 aromatic rings. The Hall–Kier alpha value is -1.55. The molecule has 1 unspecified atom stereocenters. The topological polar surface area (TPSA) is 55.6 Å². The second-order valence-electron chi connectivity index (χ2n) is 4.76. The zero-order valence-corrected chi connectivity index (χ0v) is 11.0. The molecular weight excluding hydrogens is 228 g/mol. The fourth-order valence-corrected chi connectivity index (χ4v) is 2.45. The molecule has 0 spiro atoms. The van der Waals surface area contributed by atoms with E-state index in [2.05, 4.69) is 0 Å². The number of aryl methyl sites for hydroxylation is 2. The van der Waals surface area contributed by atoms with Gasteiger partial charge in [0.05, 0.1) is 5.69 Å². The lowest BCUT2D eigenvalue weighted by Gasteiger charge is -2.33. The summed E-state index contributed by atoms with van der Waals surface area (Å²) in [5.74, 6) is 0. The molecule has 0 aromatic heterocycles. The molecule has 4 nitrogen and oxygen atoms in total. The Morgan fingerprint density at radius 1 is 1.39 bits per heavy atom. The second-order valence-corrected chi connectivity index (χ2v) is 4.76. The van der Waals surface area contributed by atoms with E-state index in [-0.39, 0.29) is 12.2 Å². The Bertz CT molecular complexity index is 425. The summed E-state index contributed by atoms with van der Waals surface area (Å²) in [6.07, 6.45) is 1.31. The van der Waals surface area contributed by atoms with Crippen molar-refractivity contribution in [3.63, 3.8) is 0 Å². The third kappa shape index (κ3) is 2.48. The minimum absolute atomic E-state index is 0.0249. The monoisotopic (exact) mass is 248 g/mol. The van der Waals surface area contributed by atoms with E-state index in [1.807, 2.05) is 32.0 Å². The average molecular weight is 248 g/mol. The van der Waals surface area contributed by atoms with E-state index in [4.69, 9.17) is 10.5 Å². The number of hydrogen-bond acceptors (Lipinski definition) is 3. The zero-order valence-electron chi connectivity index (χ0n) is 11.0. The van der Waals surface area contributed by atoms with Gasteiger partial charge in [-0.15, -0.1) is 0 Å². The number of carbonyl (C=O) groups is 1. The summed E-state index contributed by atoms with van der Waals surface area (Å²) in [7, 11) is 0. The second kappa shape index (κ2) is 5.40. The predicted octanol–water partition coefficient (Wildman–Crippen LogP) is 2.37. The molecule has 1 amide bonds. The standard InChI is InChI=1S/C14H20N2O2/c1-10-4-3-5-11(2)13(10)16-9-7-12(6-8-15)18-14(16)17/h3-5,12H,6-9,15H2,1-2H3. The molecule has 1 fully saturated rings. The minimum Gasteiger partial charge on any atom is -0.446 e. The van der Waals surface area contributed by atoms with Crippen molar-refractivity contribution in [3.8, 4) is 0 Å². The quantitative estimate of drug-likeness (QED) is 0.893.